The summed E-state index contributed by atoms with van der Waals surface area (Å²) in [5.41, 5.74) is 3.62. The molecular formula is C19H24N2O2S. The zero-order chi connectivity index (χ0) is 17.3. The van der Waals surface area contributed by atoms with E-state index in [0.717, 1.165) is 16.1 Å². The number of nitrogens with zero attached hydrogens (tertiary/aromatic N) is 2. The van der Waals surface area contributed by atoms with Crippen LogP contribution in [-0.4, -0.2) is 35.0 Å². The highest BCUT2D eigenvalue weighted by Crippen LogP contribution is 2.34. The normalized spacial score (nSPS) is 21.8. The molecule has 2 heterocycles. The first-order valence-electron chi connectivity index (χ1n) is 8.26. The number of benzene rings is 1. The maximum atomic E-state index is 13.0. The lowest BCUT2D eigenvalue weighted by Gasteiger charge is -2.43. The van der Waals surface area contributed by atoms with E-state index < -0.39 is 0 Å². The smallest absolute Gasteiger partial charge is 0.266 e. The van der Waals surface area contributed by atoms with E-state index in [4.69, 9.17) is 4.74 Å². The van der Waals surface area contributed by atoms with Crippen LogP contribution in [0.4, 0.5) is 0 Å². The quantitative estimate of drug-likeness (QED) is 0.824. The average Bonchev–Trinajstić information content (AvgIpc) is 3.00. The van der Waals surface area contributed by atoms with E-state index in [2.05, 4.69) is 37.9 Å². The topological polar surface area (TPSA) is 42.4 Å². The van der Waals surface area contributed by atoms with Crippen LogP contribution in [0, 0.1) is 12.3 Å². The number of carbonyl (C=O) groups excluding carboxylic acids is 1. The van der Waals surface area contributed by atoms with Gasteiger partial charge in [0.15, 0.2) is 0 Å². The first-order chi connectivity index (χ1) is 11.4. The maximum absolute atomic E-state index is 13.0. The van der Waals surface area contributed by atoms with Crippen molar-refractivity contribution in [2.45, 2.75) is 39.9 Å². The summed E-state index contributed by atoms with van der Waals surface area (Å²) in [6.07, 6.45) is -0.102. The minimum Gasteiger partial charge on any atom is -0.366 e. The van der Waals surface area contributed by atoms with E-state index >= 15 is 0 Å². The number of hydrogen-bond donors (Lipinski definition) is 0. The van der Waals surface area contributed by atoms with Crippen molar-refractivity contribution in [2.24, 2.45) is 5.41 Å². The highest BCUT2D eigenvalue weighted by Gasteiger charge is 2.38. The number of rotatable bonds is 2. The lowest BCUT2D eigenvalue weighted by molar-refractivity contribution is -0.119. The molecule has 1 amide bonds. The lowest BCUT2D eigenvalue weighted by Crippen LogP contribution is -2.51. The van der Waals surface area contributed by atoms with Crippen LogP contribution < -0.4 is 0 Å². The van der Waals surface area contributed by atoms with Gasteiger partial charge < -0.3 is 9.64 Å². The van der Waals surface area contributed by atoms with Crippen LogP contribution in [-0.2, 0) is 4.74 Å². The Morgan fingerprint density at radius 3 is 2.54 bits per heavy atom. The van der Waals surface area contributed by atoms with E-state index in [1.165, 1.54) is 11.3 Å². The number of thiazole rings is 1. The van der Waals surface area contributed by atoms with Gasteiger partial charge in [-0.15, -0.1) is 11.3 Å². The number of carbonyl (C=O) groups is 1. The van der Waals surface area contributed by atoms with Gasteiger partial charge in [0.1, 0.15) is 11.0 Å². The van der Waals surface area contributed by atoms with Gasteiger partial charge in [-0.2, -0.15) is 0 Å². The third kappa shape index (κ3) is 3.52. The van der Waals surface area contributed by atoms with Crippen LogP contribution in [0.3, 0.4) is 0 Å². The SMILES string of the molecule is Cc1ncsc1C(=O)N1C[C@@H](c2ccccc2)O[C@@H](C(C)(C)C)C1. The van der Waals surface area contributed by atoms with E-state index in [1.807, 2.05) is 30.0 Å². The Morgan fingerprint density at radius 1 is 1.25 bits per heavy atom. The zero-order valence-corrected chi connectivity index (χ0v) is 15.5. The van der Waals surface area contributed by atoms with Crippen molar-refractivity contribution in [2.75, 3.05) is 13.1 Å². The van der Waals surface area contributed by atoms with Crippen LogP contribution >= 0.6 is 11.3 Å². The molecule has 1 aromatic heterocycles. The summed E-state index contributed by atoms with van der Waals surface area (Å²) >= 11 is 1.41. The van der Waals surface area contributed by atoms with Crippen molar-refractivity contribution in [3.05, 3.63) is 52.0 Å². The van der Waals surface area contributed by atoms with Crippen molar-refractivity contribution in [1.29, 1.82) is 0 Å². The summed E-state index contributed by atoms with van der Waals surface area (Å²) in [7, 11) is 0. The average molecular weight is 344 g/mol. The van der Waals surface area contributed by atoms with E-state index in [0.29, 0.717) is 13.1 Å². The first kappa shape index (κ1) is 17.1. The lowest BCUT2D eigenvalue weighted by atomic mass is 9.87. The molecule has 2 aromatic rings. The minimum absolute atomic E-state index is 0.00589. The van der Waals surface area contributed by atoms with E-state index in [-0.39, 0.29) is 23.5 Å². The molecule has 1 aliphatic heterocycles. The van der Waals surface area contributed by atoms with Crippen molar-refractivity contribution in [3.63, 3.8) is 0 Å². The summed E-state index contributed by atoms with van der Waals surface area (Å²) in [5.74, 6) is 0.0634. The Kier molecular flexibility index (Phi) is 4.74. The van der Waals surface area contributed by atoms with Gasteiger partial charge >= 0.3 is 0 Å². The Labute approximate surface area is 147 Å². The zero-order valence-electron chi connectivity index (χ0n) is 14.7. The third-order valence-electron chi connectivity index (χ3n) is 4.47. The van der Waals surface area contributed by atoms with Gasteiger partial charge in [0, 0.05) is 6.54 Å². The molecule has 128 valence electrons. The molecule has 2 atom stereocenters. The Balaban J connectivity index is 1.88. The summed E-state index contributed by atoms with van der Waals surface area (Å²) in [6.45, 7) is 9.55. The van der Waals surface area contributed by atoms with Crippen molar-refractivity contribution in [3.8, 4) is 0 Å². The fourth-order valence-corrected chi connectivity index (χ4v) is 3.67. The van der Waals surface area contributed by atoms with Crippen LogP contribution in [0.5, 0.6) is 0 Å². The van der Waals surface area contributed by atoms with Gasteiger partial charge in [-0.25, -0.2) is 4.98 Å². The molecule has 0 spiro atoms. The fraction of sp³-hybridized carbons (Fsp3) is 0.474. The molecule has 0 aliphatic carbocycles. The summed E-state index contributed by atoms with van der Waals surface area (Å²) < 4.78 is 6.36. The van der Waals surface area contributed by atoms with E-state index in [1.54, 1.807) is 5.51 Å². The largest absolute Gasteiger partial charge is 0.366 e. The van der Waals surface area contributed by atoms with Gasteiger partial charge in [-0.05, 0) is 17.9 Å². The number of amides is 1. The molecule has 1 aliphatic rings. The summed E-state index contributed by atoms with van der Waals surface area (Å²) in [6, 6.07) is 10.2. The fourth-order valence-electron chi connectivity index (χ4n) is 2.91. The third-order valence-corrected chi connectivity index (χ3v) is 5.38. The Morgan fingerprint density at radius 2 is 1.96 bits per heavy atom. The van der Waals surface area contributed by atoms with Gasteiger partial charge in [0.2, 0.25) is 0 Å². The second-order valence-electron chi connectivity index (χ2n) is 7.37. The molecule has 1 saturated heterocycles. The van der Waals surface area contributed by atoms with Crippen LogP contribution in [0.2, 0.25) is 0 Å². The highest BCUT2D eigenvalue weighted by molar-refractivity contribution is 7.11. The van der Waals surface area contributed by atoms with Crippen molar-refractivity contribution < 1.29 is 9.53 Å². The second-order valence-corrected chi connectivity index (χ2v) is 8.22. The van der Waals surface area contributed by atoms with Crippen molar-refractivity contribution in [1.82, 2.24) is 9.88 Å². The molecule has 0 unspecified atom stereocenters. The molecule has 24 heavy (non-hydrogen) atoms. The highest BCUT2D eigenvalue weighted by atomic mass is 32.1. The number of morpholine rings is 1. The van der Waals surface area contributed by atoms with Crippen LogP contribution in [0.25, 0.3) is 0 Å². The van der Waals surface area contributed by atoms with Gasteiger partial charge in [0.25, 0.3) is 5.91 Å². The van der Waals surface area contributed by atoms with Gasteiger partial charge in [0.05, 0.1) is 23.9 Å². The standard InChI is InChI=1S/C19H24N2O2S/c1-13-17(24-12-20-13)18(22)21-10-15(14-8-6-5-7-9-14)23-16(11-21)19(2,3)4/h5-9,12,15-16H,10-11H2,1-4H3/t15-,16+/m0/s1. The molecule has 0 radical (unpaired) electrons. The molecule has 0 bridgehead atoms. The Bertz CT molecular complexity index is 706. The Hall–Kier alpha value is -1.72. The molecule has 4 nitrogen and oxygen atoms in total. The van der Waals surface area contributed by atoms with Crippen LogP contribution in [0.1, 0.15) is 47.8 Å². The number of aryl methyl sites for hydroxylation is 1. The maximum Gasteiger partial charge on any atom is 0.266 e. The summed E-state index contributed by atoms with van der Waals surface area (Å²) in [4.78, 5) is 19.9. The van der Waals surface area contributed by atoms with Gasteiger partial charge in [-0.1, -0.05) is 51.1 Å². The molecule has 1 aromatic carbocycles. The number of ether oxygens (including phenoxy) is 1. The predicted octanol–water partition coefficient (Wildman–Crippen LogP) is 4.08. The summed E-state index contributed by atoms with van der Waals surface area (Å²) in [5, 5.41) is 0. The molecule has 0 saturated carbocycles. The molecule has 5 heteroatoms. The predicted molar refractivity (Wildman–Crippen MR) is 96.3 cm³/mol. The first-order valence-corrected chi connectivity index (χ1v) is 9.14. The molecule has 0 N–H and O–H groups in total. The molecular weight excluding hydrogens is 320 g/mol. The van der Waals surface area contributed by atoms with Crippen molar-refractivity contribution >= 4 is 17.2 Å². The van der Waals surface area contributed by atoms with Gasteiger partial charge in [-0.3, -0.25) is 4.79 Å². The van der Waals surface area contributed by atoms with E-state index in [9.17, 15) is 4.79 Å². The minimum atomic E-state index is -0.0960. The van der Waals surface area contributed by atoms with Crippen LogP contribution in [0.15, 0.2) is 35.8 Å². The number of hydrogen-bond acceptors (Lipinski definition) is 4. The monoisotopic (exact) mass is 344 g/mol. The molecule has 3 rings (SSSR count). The molecule has 1 fully saturated rings. The number of aromatic nitrogens is 1. The second kappa shape index (κ2) is 6.65.